The summed E-state index contributed by atoms with van der Waals surface area (Å²) in [6, 6.07) is 2.56. The van der Waals surface area contributed by atoms with Crippen LogP contribution >= 0.6 is 0 Å². The van der Waals surface area contributed by atoms with Crippen molar-refractivity contribution in [2.24, 2.45) is 5.92 Å². The third-order valence-corrected chi connectivity index (χ3v) is 3.14. The highest BCUT2D eigenvalue weighted by Crippen LogP contribution is 2.22. The molecule has 1 atom stereocenters. The van der Waals surface area contributed by atoms with Crippen LogP contribution in [0.4, 0.5) is 0 Å². The topological polar surface area (TPSA) is 55.9 Å². The highest BCUT2D eigenvalue weighted by Gasteiger charge is 2.16. The van der Waals surface area contributed by atoms with Gasteiger partial charge in [0.15, 0.2) is 5.82 Å². The van der Waals surface area contributed by atoms with Crippen molar-refractivity contribution >= 4 is 0 Å². The van der Waals surface area contributed by atoms with Gasteiger partial charge < -0.3 is 14.4 Å². The molecule has 2 aromatic rings. The van der Waals surface area contributed by atoms with Gasteiger partial charge in [0.2, 0.25) is 6.39 Å². The van der Waals surface area contributed by atoms with E-state index in [0.717, 1.165) is 13.0 Å². The Balaban J connectivity index is 2.05. The van der Waals surface area contributed by atoms with Gasteiger partial charge in [0.05, 0.1) is 6.54 Å². The normalized spacial score (nSPS) is 13.1. The van der Waals surface area contributed by atoms with Crippen molar-refractivity contribution < 1.29 is 4.52 Å². The van der Waals surface area contributed by atoms with Crippen LogP contribution in [-0.2, 0) is 6.54 Å². The summed E-state index contributed by atoms with van der Waals surface area (Å²) in [7, 11) is 0. The number of hydrogen-bond acceptors (Lipinski definition) is 4. The van der Waals surface area contributed by atoms with Gasteiger partial charge in [0.25, 0.3) is 0 Å². The van der Waals surface area contributed by atoms with Crippen LogP contribution in [0.25, 0.3) is 0 Å². The molecule has 2 heterocycles. The summed E-state index contributed by atoms with van der Waals surface area (Å²) < 4.78 is 6.83. The predicted molar refractivity (Wildman–Crippen MR) is 73.7 cm³/mol. The lowest BCUT2D eigenvalue weighted by atomic mass is 9.98. The molecule has 0 aliphatic heterocycles. The second-order valence-corrected chi connectivity index (χ2v) is 5.14. The van der Waals surface area contributed by atoms with Gasteiger partial charge in [0.1, 0.15) is 0 Å². The monoisotopic (exact) mass is 262 g/mol. The molecule has 2 aromatic heterocycles. The first-order chi connectivity index (χ1) is 9.20. The Morgan fingerprint density at radius 1 is 1.42 bits per heavy atom. The van der Waals surface area contributed by atoms with Gasteiger partial charge in [-0.2, -0.15) is 4.98 Å². The van der Waals surface area contributed by atoms with Crippen molar-refractivity contribution in [3.8, 4) is 0 Å². The molecule has 1 N–H and O–H groups in total. The van der Waals surface area contributed by atoms with E-state index in [1.165, 1.54) is 12.0 Å². The zero-order chi connectivity index (χ0) is 13.7. The van der Waals surface area contributed by atoms with E-state index in [9.17, 15) is 0 Å². The minimum absolute atomic E-state index is 0.395. The molecule has 0 radical (unpaired) electrons. The van der Waals surface area contributed by atoms with Crippen molar-refractivity contribution in [3.05, 3.63) is 36.2 Å². The third-order valence-electron chi connectivity index (χ3n) is 3.14. The molecule has 104 valence electrons. The molecule has 19 heavy (non-hydrogen) atoms. The number of aromatic nitrogens is 3. The van der Waals surface area contributed by atoms with Crippen molar-refractivity contribution in [2.45, 2.75) is 39.8 Å². The van der Waals surface area contributed by atoms with Gasteiger partial charge in [-0.15, -0.1) is 0 Å². The number of hydrogen-bond donors (Lipinski definition) is 1. The summed E-state index contributed by atoms with van der Waals surface area (Å²) in [6.07, 6.45) is 6.73. The largest absolute Gasteiger partial charge is 0.346 e. The van der Waals surface area contributed by atoms with E-state index >= 15 is 0 Å². The number of nitrogens with one attached hydrogen (secondary N) is 1. The van der Waals surface area contributed by atoms with Gasteiger partial charge in [-0.25, -0.2) is 0 Å². The summed E-state index contributed by atoms with van der Waals surface area (Å²) in [4.78, 5) is 4.04. The molecule has 0 fully saturated rings. The zero-order valence-electron chi connectivity index (χ0n) is 11.8. The summed E-state index contributed by atoms with van der Waals surface area (Å²) >= 11 is 0. The van der Waals surface area contributed by atoms with E-state index in [1.807, 2.05) is 0 Å². The summed E-state index contributed by atoms with van der Waals surface area (Å²) in [5.74, 6) is 1.26. The van der Waals surface area contributed by atoms with Gasteiger partial charge in [0, 0.05) is 18.4 Å². The van der Waals surface area contributed by atoms with Gasteiger partial charge in [-0.05, 0) is 30.5 Å². The van der Waals surface area contributed by atoms with Crippen LogP contribution in [0.1, 0.15) is 44.6 Å². The average Bonchev–Trinajstić information content (AvgIpc) is 3.02. The van der Waals surface area contributed by atoms with E-state index in [1.54, 1.807) is 0 Å². The molecule has 0 aromatic carbocycles. The summed E-state index contributed by atoms with van der Waals surface area (Å²) in [5.41, 5.74) is 1.31. The maximum atomic E-state index is 4.75. The Kier molecular flexibility index (Phi) is 4.74. The lowest BCUT2D eigenvalue weighted by Gasteiger charge is -2.21. The third kappa shape index (κ3) is 3.67. The van der Waals surface area contributed by atoms with Crippen LogP contribution in [0.15, 0.2) is 29.4 Å². The van der Waals surface area contributed by atoms with Crippen LogP contribution in [0.5, 0.6) is 0 Å². The molecule has 0 bridgehead atoms. The SMILES string of the molecule is CCCNC(c1ccn(Cc2ncon2)c1)C(C)C. The van der Waals surface area contributed by atoms with Gasteiger partial charge >= 0.3 is 0 Å². The number of nitrogens with zero attached hydrogens (tertiary/aromatic N) is 3. The Bertz CT molecular complexity index is 475. The van der Waals surface area contributed by atoms with E-state index in [4.69, 9.17) is 4.52 Å². The molecule has 0 spiro atoms. The summed E-state index contributed by atoms with van der Waals surface area (Å²) in [6.45, 7) is 8.35. The van der Waals surface area contributed by atoms with E-state index in [2.05, 4.69) is 59.3 Å². The van der Waals surface area contributed by atoms with Crippen molar-refractivity contribution in [2.75, 3.05) is 6.54 Å². The first kappa shape index (κ1) is 13.8. The molecular formula is C14H22N4O. The fourth-order valence-electron chi connectivity index (χ4n) is 2.21. The molecule has 0 aliphatic rings. The molecule has 0 saturated heterocycles. The van der Waals surface area contributed by atoms with Gasteiger partial charge in [-0.1, -0.05) is 25.9 Å². The Morgan fingerprint density at radius 2 is 2.26 bits per heavy atom. The second kappa shape index (κ2) is 6.52. The Labute approximate surface area is 114 Å². The number of rotatable bonds is 7. The quantitative estimate of drug-likeness (QED) is 0.833. The maximum Gasteiger partial charge on any atom is 0.213 e. The standard InChI is InChI=1S/C14H22N4O/c1-4-6-15-14(11(2)3)12-5-7-18(8-12)9-13-16-10-19-17-13/h5,7-8,10-11,14-15H,4,6,9H2,1-3H3. The molecule has 0 saturated carbocycles. The molecule has 5 nitrogen and oxygen atoms in total. The van der Waals surface area contributed by atoms with Crippen LogP contribution in [0, 0.1) is 5.92 Å². The van der Waals surface area contributed by atoms with Crippen LogP contribution < -0.4 is 5.32 Å². The second-order valence-electron chi connectivity index (χ2n) is 5.14. The Hall–Kier alpha value is -1.62. The highest BCUT2D eigenvalue weighted by atomic mass is 16.5. The predicted octanol–water partition coefficient (Wildman–Crippen LogP) is 2.62. The first-order valence-electron chi connectivity index (χ1n) is 6.85. The minimum atomic E-state index is 0.395. The van der Waals surface area contributed by atoms with Crippen LogP contribution in [0.3, 0.4) is 0 Å². The molecule has 5 heteroatoms. The first-order valence-corrected chi connectivity index (χ1v) is 6.85. The van der Waals surface area contributed by atoms with E-state index < -0.39 is 0 Å². The molecule has 0 aliphatic carbocycles. The lowest BCUT2D eigenvalue weighted by Crippen LogP contribution is -2.26. The van der Waals surface area contributed by atoms with Crippen molar-refractivity contribution in [1.29, 1.82) is 0 Å². The van der Waals surface area contributed by atoms with Crippen molar-refractivity contribution in [1.82, 2.24) is 20.0 Å². The molecule has 0 amide bonds. The summed E-state index contributed by atoms with van der Waals surface area (Å²) in [5, 5.41) is 7.42. The van der Waals surface area contributed by atoms with Crippen LogP contribution in [0.2, 0.25) is 0 Å². The van der Waals surface area contributed by atoms with Gasteiger partial charge in [-0.3, -0.25) is 0 Å². The van der Waals surface area contributed by atoms with Crippen LogP contribution in [-0.4, -0.2) is 21.3 Å². The average molecular weight is 262 g/mol. The fourth-order valence-corrected chi connectivity index (χ4v) is 2.21. The van der Waals surface area contributed by atoms with E-state index in [-0.39, 0.29) is 0 Å². The Morgan fingerprint density at radius 3 is 2.89 bits per heavy atom. The zero-order valence-corrected chi connectivity index (χ0v) is 11.8. The fraction of sp³-hybridized carbons (Fsp3) is 0.571. The maximum absolute atomic E-state index is 4.75. The molecule has 1 unspecified atom stereocenters. The molecule has 2 rings (SSSR count). The van der Waals surface area contributed by atoms with E-state index in [0.29, 0.717) is 24.3 Å². The van der Waals surface area contributed by atoms with Crippen molar-refractivity contribution in [3.63, 3.8) is 0 Å². The highest BCUT2D eigenvalue weighted by molar-refractivity contribution is 5.16. The lowest BCUT2D eigenvalue weighted by molar-refractivity contribution is 0.407. The molecular weight excluding hydrogens is 240 g/mol. The minimum Gasteiger partial charge on any atom is -0.346 e. The smallest absolute Gasteiger partial charge is 0.213 e.